The van der Waals surface area contributed by atoms with E-state index in [0.717, 1.165) is 22.3 Å². The molecule has 0 atom stereocenters. The van der Waals surface area contributed by atoms with Crippen LogP contribution in [0.25, 0.3) is 22.4 Å². The lowest BCUT2D eigenvalue weighted by atomic mass is 10.1. The standard InChI is InChI=1S/C33H26N10O/c1-42-22-27(21-39-42)25-7-12-30(36-19-25)43(33(44)38-18-23-5-3-2-4-6-23)29-10-8-28(9-11-29)40-32-37-20-26(17-34)31(41-32)24-13-15-35-16-14-24/h2-16,19-22H,18H2,1H3,(H,38,44)(H,37,40,41). The average Bonchev–Trinajstić information content (AvgIpc) is 3.52. The Kier molecular flexibility index (Phi) is 7.96. The number of nitriles is 1. The van der Waals surface area contributed by atoms with Gasteiger partial charge in [-0.25, -0.2) is 24.6 Å². The molecule has 0 aliphatic carbocycles. The highest BCUT2D eigenvalue weighted by Crippen LogP contribution is 2.29. The summed E-state index contributed by atoms with van der Waals surface area (Å²) in [6, 6.07) is 26.1. The number of aryl methyl sites for hydroxylation is 1. The number of rotatable bonds is 8. The fraction of sp³-hybridized carbons (Fsp3) is 0.0606. The number of amides is 2. The first-order chi connectivity index (χ1) is 21.6. The Balaban J connectivity index is 1.26. The Hall–Kier alpha value is -6.41. The molecule has 11 nitrogen and oxygen atoms in total. The summed E-state index contributed by atoms with van der Waals surface area (Å²) < 4.78 is 1.73. The fourth-order valence-corrected chi connectivity index (χ4v) is 4.54. The van der Waals surface area contributed by atoms with Crippen LogP contribution in [0.15, 0.2) is 116 Å². The molecule has 11 heteroatoms. The highest BCUT2D eigenvalue weighted by molar-refractivity contribution is 5.98. The first-order valence-electron chi connectivity index (χ1n) is 13.7. The molecule has 44 heavy (non-hydrogen) atoms. The molecule has 6 aromatic rings. The highest BCUT2D eigenvalue weighted by Gasteiger charge is 2.20. The SMILES string of the molecule is Cn1cc(-c2ccc(N(C(=O)NCc3ccccc3)c3ccc(Nc4ncc(C#N)c(-c5ccncc5)n4)cc3)nc2)cn1. The van der Waals surface area contributed by atoms with E-state index >= 15 is 0 Å². The highest BCUT2D eigenvalue weighted by atomic mass is 16.2. The second-order valence-electron chi connectivity index (χ2n) is 9.76. The fourth-order valence-electron chi connectivity index (χ4n) is 4.54. The van der Waals surface area contributed by atoms with E-state index in [0.29, 0.717) is 40.9 Å². The van der Waals surface area contributed by atoms with Gasteiger partial charge in [0.05, 0.1) is 29.3 Å². The molecule has 0 spiro atoms. The van der Waals surface area contributed by atoms with Crippen LogP contribution in [-0.4, -0.2) is 35.7 Å². The van der Waals surface area contributed by atoms with Crippen molar-refractivity contribution in [2.24, 2.45) is 7.05 Å². The van der Waals surface area contributed by atoms with Crippen molar-refractivity contribution in [2.45, 2.75) is 6.54 Å². The van der Waals surface area contributed by atoms with E-state index in [1.165, 1.54) is 11.1 Å². The molecule has 0 saturated heterocycles. The van der Waals surface area contributed by atoms with Crippen LogP contribution in [0.4, 0.5) is 27.9 Å². The second-order valence-corrected chi connectivity index (χ2v) is 9.76. The van der Waals surface area contributed by atoms with E-state index in [1.807, 2.05) is 80.0 Å². The van der Waals surface area contributed by atoms with Crippen molar-refractivity contribution in [3.63, 3.8) is 0 Å². The number of anilines is 4. The van der Waals surface area contributed by atoms with Crippen molar-refractivity contribution in [3.8, 4) is 28.5 Å². The molecule has 214 valence electrons. The van der Waals surface area contributed by atoms with E-state index < -0.39 is 0 Å². The van der Waals surface area contributed by atoms with Crippen LogP contribution in [0.3, 0.4) is 0 Å². The molecular weight excluding hydrogens is 552 g/mol. The number of aromatic nitrogens is 6. The number of benzene rings is 2. The van der Waals surface area contributed by atoms with Crippen LogP contribution in [0, 0.1) is 11.3 Å². The third kappa shape index (κ3) is 6.24. The van der Waals surface area contributed by atoms with Crippen molar-refractivity contribution in [1.82, 2.24) is 35.0 Å². The predicted octanol–water partition coefficient (Wildman–Crippen LogP) is 6.00. The van der Waals surface area contributed by atoms with Gasteiger partial charge in [-0.3, -0.25) is 9.67 Å². The Morgan fingerprint density at radius 2 is 1.68 bits per heavy atom. The molecule has 4 heterocycles. The largest absolute Gasteiger partial charge is 0.333 e. The van der Waals surface area contributed by atoms with E-state index in [9.17, 15) is 10.1 Å². The van der Waals surface area contributed by atoms with Crippen LogP contribution in [0.5, 0.6) is 0 Å². The Morgan fingerprint density at radius 3 is 2.36 bits per heavy atom. The number of hydrogen-bond acceptors (Lipinski definition) is 8. The molecule has 0 bridgehead atoms. The van der Waals surface area contributed by atoms with Gasteiger partial charge in [0.1, 0.15) is 11.9 Å². The van der Waals surface area contributed by atoms with Gasteiger partial charge in [0, 0.05) is 60.8 Å². The molecule has 2 amide bonds. The zero-order valence-electron chi connectivity index (χ0n) is 23.7. The number of nitrogens with zero attached hydrogens (tertiary/aromatic N) is 8. The summed E-state index contributed by atoms with van der Waals surface area (Å²) in [6.45, 7) is 0.361. The minimum atomic E-state index is -0.325. The molecule has 0 aliphatic heterocycles. The van der Waals surface area contributed by atoms with Gasteiger partial charge in [0.25, 0.3) is 0 Å². The summed E-state index contributed by atoms with van der Waals surface area (Å²) in [4.78, 5) is 32.6. The number of pyridine rings is 2. The molecule has 0 aliphatic rings. The van der Waals surface area contributed by atoms with Crippen molar-refractivity contribution in [1.29, 1.82) is 5.26 Å². The Morgan fingerprint density at radius 1 is 0.886 bits per heavy atom. The summed E-state index contributed by atoms with van der Waals surface area (Å²) in [6.07, 6.45) is 10.2. The van der Waals surface area contributed by atoms with Gasteiger partial charge in [-0.15, -0.1) is 0 Å². The van der Waals surface area contributed by atoms with Crippen LogP contribution in [0.2, 0.25) is 0 Å². The third-order valence-corrected chi connectivity index (χ3v) is 6.75. The maximum absolute atomic E-state index is 13.6. The van der Waals surface area contributed by atoms with Crippen molar-refractivity contribution >= 4 is 29.2 Å². The lowest BCUT2D eigenvalue weighted by Gasteiger charge is -2.23. The van der Waals surface area contributed by atoms with Crippen molar-refractivity contribution in [2.75, 3.05) is 10.2 Å². The maximum atomic E-state index is 13.6. The zero-order valence-corrected chi connectivity index (χ0v) is 23.7. The lowest BCUT2D eigenvalue weighted by molar-refractivity contribution is 0.248. The molecule has 0 fully saturated rings. The van der Waals surface area contributed by atoms with Crippen molar-refractivity contribution < 1.29 is 4.79 Å². The van der Waals surface area contributed by atoms with Gasteiger partial charge >= 0.3 is 6.03 Å². The number of hydrogen-bond donors (Lipinski definition) is 2. The lowest BCUT2D eigenvalue weighted by Crippen LogP contribution is -2.37. The summed E-state index contributed by atoms with van der Waals surface area (Å²) >= 11 is 0. The molecular formula is C33H26N10O. The first-order valence-corrected chi connectivity index (χ1v) is 13.7. The topological polar surface area (TPSA) is 138 Å². The van der Waals surface area contributed by atoms with Gasteiger partial charge in [-0.2, -0.15) is 10.4 Å². The van der Waals surface area contributed by atoms with E-state index in [-0.39, 0.29) is 6.03 Å². The molecule has 0 radical (unpaired) electrons. The third-order valence-electron chi connectivity index (χ3n) is 6.75. The van der Waals surface area contributed by atoms with Crippen LogP contribution in [-0.2, 0) is 13.6 Å². The summed E-state index contributed by atoms with van der Waals surface area (Å²) in [5.74, 6) is 0.787. The van der Waals surface area contributed by atoms with E-state index in [1.54, 1.807) is 41.6 Å². The van der Waals surface area contributed by atoms with E-state index in [2.05, 4.69) is 41.7 Å². The van der Waals surface area contributed by atoms with Crippen molar-refractivity contribution in [3.05, 3.63) is 127 Å². The molecule has 4 aromatic heterocycles. The maximum Gasteiger partial charge on any atom is 0.327 e. The number of urea groups is 1. The van der Waals surface area contributed by atoms with E-state index in [4.69, 9.17) is 0 Å². The number of carbonyl (C=O) groups excluding carboxylic acids is 1. The van der Waals surface area contributed by atoms with Gasteiger partial charge in [0.2, 0.25) is 5.95 Å². The van der Waals surface area contributed by atoms with Gasteiger partial charge < -0.3 is 10.6 Å². The second kappa shape index (κ2) is 12.6. The minimum absolute atomic E-state index is 0.325. The summed E-state index contributed by atoms with van der Waals surface area (Å²) in [5, 5.41) is 20.0. The first kappa shape index (κ1) is 27.7. The quantitative estimate of drug-likeness (QED) is 0.224. The molecule has 0 saturated carbocycles. The van der Waals surface area contributed by atoms with Gasteiger partial charge in [0.15, 0.2) is 0 Å². The summed E-state index contributed by atoms with van der Waals surface area (Å²) in [5.41, 5.74) is 5.73. The average molecular weight is 579 g/mol. The number of nitrogens with one attached hydrogen (secondary N) is 2. The predicted molar refractivity (Wildman–Crippen MR) is 167 cm³/mol. The molecule has 6 rings (SSSR count). The van der Waals surface area contributed by atoms with Gasteiger partial charge in [-0.1, -0.05) is 30.3 Å². The Labute approximate surface area is 253 Å². The molecule has 2 aromatic carbocycles. The summed E-state index contributed by atoms with van der Waals surface area (Å²) in [7, 11) is 1.86. The smallest absolute Gasteiger partial charge is 0.327 e. The van der Waals surface area contributed by atoms with Gasteiger partial charge in [-0.05, 0) is 54.1 Å². The Bertz CT molecular complexity index is 1920. The van der Waals surface area contributed by atoms with Crippen LogP contribution < -0.4 is 15.5 Å². The van der Waals surface area contributed by atoms with Crippen LogP contribution in [0.1, 0.15) is 11.1 Å². The molecule has 2 N–H and O–H groups in total. The zero-order chi connectivity index (χ0) is 30.3. The monoisotopic (exact) mass is 578 g/mol. The molecule has 0 unspecified atom stereocenters. The normalized spacial score (nSPS) is 10.5. The number of carbonyl (C=O) groups is 1. The minimum Gasteiger partial charge on any atom is -0.333 e. The van der Waals surface area contributed by atoms with Crippen LogP contribution >= 0.6 is 0 Å².